The van der Waals surface area contributed by atoms with Gasteiger partial charge < -0.3 is 4.74 Å². The van der Waals surface area contributed by atoms with Crippen LogP contribution in [0.5, 0.6) is 0 Å². The van der Waals surface area contributed by atoms with Gasteiger partial charge in [-0.25, -0.2) is 0 Å². The Bertz CT molecular complexity index is 580. The van der Waals surface area contributed by atoms with E-state index in [2.05, 4.69) is 59.0 Å². The van der Waals surface area contributed by atoms with Gasteiger partial charge in [0, 0.05) is 19.6 Å². The molecule has 1 aromatic carbocycles. The first-order valence-electron chi connectivity index (χ1n) is 7.41. The van der Waals surface area contributed by atoms with Crippen molar-refractivity contribution in [2.45, 2.75) is 6.92 Å². The van der Waals surface area contributed by atoms with Crippen molar-refractivity contribution in [2.24, 2.45) is 0 Å². The largest absolute Gasteiger partial charge is 0.379 e. The predicted molar refractivity (Wildman–Crippen MR) is 90.6 cm³/mol. The summed E-state index contributed by atoms with van der Waals surface area (Å²) < 4.78 is 5.44. The lowest BCUT2D eigenvalue weighted by Gasteiger charge is -2.27. The zero-order chi connectivity index (χ0) is 14.5. The van der Waals surface area contributed by atoms with Gasteiger partial charge in [-0.3, -0.25) is 4.90 Å². The van der Waals surface area contributed by atoms with E-state index in [9.17, 15) is 0 Å². The highest BCUT2D eigenvalue weighted by molar-refractivity contribution is 7.08. The number of hydrogen-bond donors (Lipinski definition) is 0. The van der Waals surface area contributed by atoms with Crippen LogP contribution >= 0.6 is 11.3 Å². The van der Waals surface area contributed by atoms with Crippen LogP contribution in [0.2, 0.25) is 0 Å². The molecule has 2 nitrogen and oxygen atoms in total. The smallest absolute Gasteiger partial charge is 0.0594 e. The Morgan fingerprint density at radius 3 is 2.62 bits per heavy atom. The minimum absolute atomic E-state index is 0.849. The molecule has 1 aliphatic rings. The fraction of sp³-hybridized carbons (Fsp3) is 0.333. The molecule has 3 heteroatoms. The average Bonchev–Trinajstić information content (AvgIpc) is 3.04. The van der Waals surface area contributed by atoms with Gasteiger partial charge in [0.1, 0.15) is 0 Å². The summed E-state index contributed by atoms with van der Waals surface area (Å²) in [5, 5.41) is 4.39. The Morgan fingerprint density at radius 1 is 1.19 bits per heavy atom. The van der Waals surface area contributed by atoms with Gasteiger partial charge in [0.15, 0.2) is 0 Å². The monoisotopic (exact) mass is 299 g/mol. The third-order valence-corrected chi connectivity index (χ3v) is 4.49. The van der Waals surface area contributed by atoms with Gasteiger partial charge in [0.2, 0.25) is 0 Å². The lowest BCUT2D eigenvalue weighted by molar-refractivity contribution is 0.0444. The van der Waals surface area contributed by atoms with Crippen LogP contribution in [0, 0.1) is 6.92 Å². The molecule has 1 fully saturated rings. The molecule has 21 heavy (non-hydrogen) atoms. The van der Waals surface area contributed by atoms with Gasteiger partial charge in [-0.05, 0) is 46.5 Å². The first-order chi connectivity index (χ1) is 10.3. The van der Waals surface area contributed by atoms with Gasteiger partial charge in [0.25, 0.3) is 0 Å². The van der Waals surface area contributed by atoms with Gasteiger partial charge in [-0.1, -0.05) is 29.8 Å². The lowest BCUT2D eigenvalue weighted by atomic mass is 10.0. The minimum atomic E-state index is 0.849. The maximum absolute atomic E-state index is 5.44. The van der Waals surface area contributed by atoms with Gasteiger partial charge >= 0.3 is 0 Å². The van der Waals surface area contributed by atoms with Crippen molar-refractivity contribution in [3.63, 3.8) is 0 Å². The number of ether oxygens (including phenoxy) is 1. The second-order valence-electron chi connectivity index (χ2n) is 5.48. The molecule has 2 aromatic rings. The van der Waals surface area contributed by atoms with E-state index in [4.69, 9.17) is 4.74 Å². The molecule has 0 radical (unpaired) electrons. The maximum atomic E-state index is 5.44. The Kier molecular flexibility index (Phi) is 4.86. The maximum Gasteiger partial charge on any atom is 0.0594 e. The topological polar surface area (TPSA) is 12.5 Å². The summed E-state index contributed by atoms with van der Waals surface area (Å²) in [7, 11) is 0. The number of morpholine rings is 1. The second-order valence-corrected chi connectivity index (χ2v) is 6.26. The van der Waals surface area contributed by atoms with Crippen molar-refractivity contribution >= 4 is 23.0 Å². The molecule has 0 N–H and O–H groups in total. The molecule has 1 saturated heterocycles. The van der Waals surface area contributed by atoms with E-state index in [0.29, 0.717) is 0 Å². The summed E-state index contributed by atoms with van der Waals surface area (Å²) >= 11 is 1.76. The second kappa shape index (κ2) is 7.03. The molecule has 2 heterocycles. The van der Waals surface area contributed by atoms with Crippen LogP contribution in [0.15, 0.2) is 41.1 Å². The van der Waals surface area contributed by atoms with E-state index in [1.165, 1.54) is 22.3 Å². The highest BCUT2D eigenvalue weighted by Gasteiger charge is 2.13. The molecule has 0 saturated carbocycles. The third kappa shape index (κ3) is 4.03. The number of rotatable bonds is 4. The number of benzene rings is 1. The first-order valence-corrected chi connectivity index (χ1v) is 8.35. The average molecular weight is 299 g/mol. The molecule has 0 bridgehead atoms. The number of thiophene rings is 1. The summed E-state index contributed by atoms with van der Waals surface area (Å²) in [6.07, 6.45) is 2.32. The van der Waals surface area contributed by atoms with Crippen molar-refractivity contribution in [3.05, 3.63) is 57.8 Å². The zero-order valence-corrected chi connectivity index (χ0v) is 13.2. The fourth-order valence-electron chi connectivity index (χ4n) is 2.53. The Hall–Kier alpha value is -1.42. The number of aryl methyl sites for hydroxylation is 1. The lowest BCUT2D eigenvalue weighted by Crippen LogP contribution is -2.37. The molecular formula is C18H21NOS. The molecule has 0 aliphatic carbocycles. The van der Waals surface area contributed by atoms with E-state index >= 15 is 0 Å². The molecule has 3 rings (SSSR count). The molecule has 0 unspecified atom stereocenters. The molecule has 0 atom stereocenters. The molecule has 0 spiro atoms. The van der Waals surface area contributed by atoms with Crippen LogP contribution in [0.4, 0.5) is 0 Å². The van der Waals surface area contributed by atoms with Crippen LogP contribution < -0.4 is 0 Å². The van der Waals surface area contributed by atoms with Crippen molar-refractivity contribution in [1.29, 1.82) is 0 Å². The van der Waals surface area contributed by atoms with Crippen molar-refractivity contribution < 1.29 is 4.74 Å². The molecular weight excluding hydrogens is 278 g/mol. The highest BCUT2D eigenvalue weighted by atomic mass is 32.1. The van der Waals surface area contributed by atoms with Gasteiger partial charge in [-0.2, -0.15) is 11.3 Å². The number of hydrogen-bond acceptors (Lipinski definition) is 3. The molecule has 0 amide bonds. The van der Waals surface area contributed by atoms with Crippen LogP contribution in [0.1, 0.15) is 16.7 Å². The van der Waals surface area contributed by atoms with E-state index in [1.807, 2.05) is 0 Å². The third-order valence-electron chi connectivity index (χ3n) is 3.81. The summed E-state index contributed by atoms with van der Waals surface area (Å²) in [6, 6.07) is 10.9. The quantitative estimate of drug-likeness (QED) is 0.848. The van der Waals surface area contributed by atoms with Crippen LogP contribution in [0.3, 0.4) is 0 Å². The Morgan fingerprint density at radius 2 is 1.95 bits per heavy atom. The van der Waals surface area contributed by atoms with Crippen molar-refractivity contribution in [2.75, 3.05) is 32.8 Å². The Balaban J connectivity index is 1.83. The summed E-state index contributed by atoms with van der Waals surface area (Å²) in [6.45, 7) is 6.86. The SMILES string of the molecule is Cc1ccc(/C=C(/CN2CCOCC2)c2ccsc2)cc1. The van der Waals surface area contributed by atoms with Crippen molar-refractivity contribution in [3.8, 4) is 0 Å². The van der Waals surface area contributed by atoms with E-state index in [-0.39, 0.29) is 0 Å². The van der Waals surface area contributed by atoms with E-state index in [0.717, 1.165) is 32.8 Å². The van der Waals surface area contributed by atoms with Crippen LogP contribution in [0.25, 0.3) is 11.6 Å². The molecule has 110 valence electrons. The fourth-order valence-corrected chi connectivity index (χ4v) is 3.21. The standard InChI is InChI=1S/C18H21NOS/c1-15-2-4-16(5-3-15)12-18(17-6-11-21-14-17)13-19-7-9-20-10-8-19/h2-6,11-12,14H,7-10,13H2,1H3/b18-12-. The number of nitrogens with zero attached hydrogens (tertiary/aromatic N) is 1. The highest BCUT2D eigenvalue weighted by Crippen LogP contribution is 2.22. The molecule has 1 aromatic heterocycles. The normalized spacial score (nSPS) is 17.1. The van der Waals surface area contributed by atoms with Gasteiger partial charge in [-0.15, -0.1) is 0 Å². The first kappa shape index (κ1) is 14.5. The molecule has 1 aliphatic heterocycles. The van der Waals surface area contributed by atoms with Crippen molar-refractivity contribution in [1.82, 2.24) is 4.90 Å². The van der Waals surface area contributed by atoms with E-state index in [1.54, 1.807) is 11.3 Å². The van der Waals surface area contributed by atoms with Crippen LogP contribution in [-0.2, 0) is 4.74 Å². The Labute approximate surface area is 130 Å². The summed E-state index contributed by atoms with van der Waals surface area (Å²) in [4.78, 5) is 2.47. The summed E-state index contributed by atoms with van der Waals surface area (Å²) in [5.41, 5.74) is 5.31. The predicted octanol–water partition coefficient (Wildman–Crippen LogP) is 3.93. The van der Waals surface area contributed by atoms with Crippen LogP contribution in [-0.4, -0.2) is 37.7 Å². The zero-order valence-electron chi connectivity index (χ0n) is 12.4. The van der Waals surface area contributed by atoms with Gasteiger partial charge in [0.05, 0.1) is 13.2 Å². The van der Waals surface area contributed by atoms with E-state index < -0.39 is 0 Å². The minimum Gasteiger partial charge on any atom is -0.379 e. The summed E-state index contributed by atoms with van der Waals surface area (Å²) in [5.74, 6) is 0.